The lowest BCUT2D eigenvalue weighted by Gasteiger charge is -2.22. The fraction of sp³-hybridized carbons (Fsp3) is 0.550. The Hall–Kier alpha value is -1.79. The number of hydrogen-bond donors (Lipinski definition) is 0. The van der Waals surface area contributed by atoms with Crippen molar-refractivity contribution in [2.75, 3.05) is 14.2 Å². The molecular formula is C20H25Cl2NO5. The zero-order valence-electron chi connectivity index (χ0n) is 16.1. The van der Waals surface area contributed by atoms with Crippen LogP contribution in [-0.4, -0.2) is 37.5 Å². The second-order valence-corrected chi connectivity index (χ2v) is 7.66. The van der Waals surface area contributed by atoms with Gasteiger partial charge in [-0.15, -0.1) is 0 Å². The van der Waals surface area contributed by atoms with Gasteiger partial charge in [0.2, 0.25) is 5.60 Å². The number of unbranched alkanes of at least 4 members (excludes halogenated alkanes) is 3. The van der Waals surface area contributed by atoms with E-state index >= 15 is 0 Å². The largest absolute Gasteiger partial charge is 0.469 e. The van der Waals surface area contributed by atoms with Crippen molar-refractivity contribution < 1.29 is 23.9 Å². The first kappa shape index (κ1) is 22.5. The number of esters is 2. The highest BCUT2D eigenvalue weighted by atomic mass is 35.5. The van der Waals surface area contributed by atoms with E-state index in [9.17, 15) is 9.59 Å². The first-order chi connectivity index (χ1) is 13.4. The van der Waals surface area contributed by atoms with E-state index < -0.39 is 17.5 Å². The van der Waals surface area contributed by atoms with Crippen molar-refractivity contribution in [2.45, 2.75) is 57.0 Å². The predicted octanol–water partition coefficient (Wildman–Crippen LogP) is 4.74. The highest BCUT2D eigenvalue weighted by Gasteiger charge is 2.49. The molecule has 1 aromatic rings. The summed E-state index contributed by atoms with van der Waals surface area (Å²) in [6, 6.07) is 5.57. The zero-order chi connectivity index (χ0) is 20.6. The summed E-state index contributed by atoms with van der Waals surface area (Å²) in [5.41, 5.74) is 0.461. The molecule has 1 aromatic carbocycles. The van der Waals surface area contributed by atoms with Gasteiger partial charge in [-0.2, -0.15) is 0 Å². The molecule has 0 radical (unpaired) electrons. The number of ether oxygens (including phenoxy) is 2. The number of rotatable bonds is 10. The van der Waals surface area contributed by atoms with Crippen molar-refractivity contribution in [3.05, 3.63) is 33.8 Å². The minimum absolute atomic E-state index is 0.217. The maximum Gasteiger partial charge on any atom is 0.354 e. The van der Waals surface area contributed by atoms with E-state index in [-0.39, 0.29) is 12.8 Å². The molecule has 8 heteroatoms. The van der Waals surface area contributed by atoms with Crippen LogP contribution in [0.25, 0.3) is 0 Å². The maximum atomic E-state index is 12.1. The van der Waals surface area contributed by atoms with Crippen molar-refractivity contribution in [3.8, 4) is 0 Å². The van der Waals surface area contributed by atoms with Gasteiger partial charge in [-0.25, -0.2) is 4.79 Å². The molecule has 154 valence electrons. The Morgan fingerprint density at radius 3 is 2.46 bits per heavy atom. The van der Waals surface area contributed by atoms with Gasteiger partial charge in [0.1, 0.15) is 0 Å². The third-order valence-corrected chi connectivity index (χ3v) is 5.32. The number of carbonyl (C=O) groups is 2. The Morgan fingerprint density at radius 2 is 1.82 bits per heavy atom. The second kappa shape index (κ2) is 10.7. The molecule has 0 N–H and O–H groups in total. The van der Waals surface area contributed by atoms with Gasteiger partial charge < -0.3 is 14.3 Å². The average molecular weight is 430 g/mol. The Balaban J connectivity index is 1.72. The van der Waals surface area contributed by atoms with E-state index in [1.165, 1.54) is 14.2 Å². The van der Waals surface area contributed by atoms with Gasteiger partial charge in [-0.1, -0.05) is 47.3 Å². The number of carbonyl (C=O) groups excluding carboxylic acids is 2. The van der Waals surface area contributed by atoms with Crippen molar-refractivity contribution in [3.63, 3.8) is 0 Å². The van der Waals surface area contributed by atoms with Crippen molar-refractivity contribution in [1.29, 1.82) is 0 Å². The van der Waals surface area contributed by atoms with Crippen LogP contribution < -0.4 is 0 Å². The highest BCUT2D eigenvalue weighted by molar-refractivity contribution is 6.35. The van der Waals surface area contributed by atoms with E-state index in [1.807, 2.05) is 12.1 Å². The lowest BCUT2D eigenvalue weighted by atomic mass is 9.91. The quantitative estimate of drug-likeness (QED) is 0.396. The summed E-state index contributed by atoms with van der Waals surface area (Å²) in [6.07, 6.45) is 5.67. The lowest BCUT2D eigenvalue weighted by molar-refractivity contribution is -0.173. The Bertz CT molecular complexity index is 737. The standard InChI is InChI=1S/C20H25Cl2NO5/c1-26-18(24)13-20(19(25)27-2)12-16(23-28-20)8-6-4-3-5-7-14-9-10-15(21)11-17(14)22/h9-11H,3-8,12-13H2,1-2H3. The summed E-state index contributed by atoms with van der Waals surface area (Å²) in [7, 11) is 2.52. The molecule has 0 aliphatic carbocycles. The number of nitrogens with zero attached hydrogens (tertiary/aromatic N) is 1. The van der Waals surface area contributed by atoms with E-state index in [4.69, 9.17) is 32.8 Å². The van der Waals surface area contributed by atoms with E-state index in [1.54, 1.807) is 6.07 Å². The van der Waals surface area contributed by atoms with Gasteiger partial charge in [-0.3, -0.25) is 4.79 Å². The Labute approximate surface area is 175 Å². The van der Waals surface area contributed by atoms with Gasteiger partial charge in [0.25, 0.3) is 0 Å². The summed E-state index contributed by atoms with van der Waals surface area (Å²) < 4.78 is 9.43. The number of methoxy groups -OCH3 is 2. The normalized spacial score (nSPS) is 18.4. The van der Waals surface area contributed by atoms with Crippen molar-refractivity contribution >= 4 is 40.9 Å². The van der Waals surface area contributed by atoms with Crippen LogP contribution in [0.5, 0.6) is 0 Å². The van der Waals surface area contributed by atoms with Crippen LogP contribution in [0.1, 0.15) is 50.5 Å². The predicted molar refractivity (Wildman–Crippen MR) is 108 cm³/mol. The van der Waals surface area contributed by atoms with Crippen molar-refractivity contribution in [1.82, 2.24) is 0 Å². The molecule has 6 nitrogen and oxygen atoms in total. The van der Waals surface area contributed by atoms with Crippen molar-refractivity contribution in [2.24, 2.45) is 5.16 Å². The Morgan fingerprint density at radius 1 is 1.11 bits per heavy atom. The van der Waals surface area contributed by atoms with Crippen LogP contribution in [0.15, 0.2) is 23.4 Å². The minimum Gasteiger partial charge on any atom is -0.469 e. The van der Waals surface area contributed by atoms with Crippen LogP contribution in [0.3, 0.4) is 0 Å². The molecule has 0 spiro atoms. The summed E-state index contributed by atoms with van der Waals surface area (Å²) in [6.45, 7) is 0. The molecule has 0 saturated carbocycles. The van der Waals surface area contributed by atoms with Crippen LogP contribution in [0, 0.1) is 0 Å². The van der Waals surface area contributed by atoms with Gasteiger partial charge >= 0.3 is 11.9 Å². The second-order valence-electron chi connectivity index (χ2n) is 6.81. The maximum absolute atomic E-state index is 12.1. The van der Waals surface area contributed by atoms with Crippen LogP contribution in [0.2, 0.25) is 10.0 Å². The van der Waals surface area contributed by atoms with Gasteiger partial charge in [0, 0.05) is 16.5 Å². The molecule has 1 aliphatic rings. The summed E-state index contributed by atoms with van der Waals surface area (Å²) in [5, 5.41) is 5.35. The molecule has 1 unspecified atom stereocenters. The zero-order valence-corrected chi connectivity index (χ0v) is 17.6. The molecule has 0 bridgehead atoms. The summed E-state index contributed by atoms with van der Waals surface area (Å²) >= 11 is 12.1. The Kier molecular flexibility index (Phi) is 8.58. The number of halogens is 2. The average Bonchev–Trinajstić information content (AvgIpc) is 3.09. The molecule has 28 heavy (non-hydrogen) atoms. The molecule has 0 amide bonds. The molecule has 1 aliphatic heterocycles. The van der Waals surface area contributed by atoms with E-state index in [0.717, 1.165) is 43.4 Å². The topological polar surface area (TPSA) is 74.2 Å². The lowest BCUT2D eigenvalue weighted by Crippen LogP contribution is -2.42. The molecule has 2 rings (SSSR count). The molecule has 1 atom stereocenters. The van der Waals surface area contributed by atoms with Crippen LogP contribution >= 0.6 is 23.2 Å². The molecule has 0 fully saturated rings. The third-order valence-electron chi connectivity index (χ3n) is 4.73. The smallest absolute Gasteiger partial charge is 0.354 e. The minimum atomic E-state index is -1.40. The van der Waals surface area contributed by atoms with Crippen LogP contribution in [0.4, 0.5) is 0 Å². The fourth-order valence-electron chi connectivity index (χ4n) is 3.17. The molecule has 0 aromatic heterocycles. The van der Waals surface area contributed by atoms with E-state index in [0.29, 0.717) is 16.5 Å². The molecule has 0 saturated heterocycles. The van der Waals surface area contributed by atoms with Gasteiger partial charge in [0.05, 0.1) is 26.4 Å². The summed E-state index contributed by atoms with van der Waals surface area (Å²) in [4.78, 5) is 29.0. The first-order valence-corrected chi connectivity index (χ1v) is 9.99. The monoisotopic (exact) mass is 429 g/mol. The number of oxime groups is 1. The van der Waals surface area contributed by atoms with Gasteiger partial charge in [0.15, 0.2) is 0 Å². The summed E-state index contributed by atoms with van der Waals surface area (Å²) in [5.74, 6) is -1.15. The molecule has 1 heterocycles. The van der Waals surface area contributed by atoms with E-state index in [2.05, 4.69) is 9.89 Å². The molecular weight excluding hydrogens is 405 g/mol. The SMILES string of the molecule is COC(=O)CC1(C(=O)OC)CC(CCCCCCc2ccc(Cl)cc2Cl)=NO1. The fourth-order valence-corrected chi connectivity index (χ4v) is 3.67. The number of hydrogen-bond acceptors (Lipinski definition) is 6. The van der Waals surface area contributed by atoms with Gasteiger partial charge in [-0.05, 0) is 43.4 Å². The highest BCUT2D eigenvalue weighted by Crippen LogP contribution is 2.31. The third kappa shape index (κ3) is 6.11. The number of aryl methyl sites for hydroxylation is 1. The first-order valence-electron chi connectivity index (χ1n) is 9.23. The number of benzene rings is 1. The van der Waals surface area contributed by atoms with Crippen LogP contribution in [-0.2, 0) is 30.3 Å².